The van der Waals surface area contributed by atoms with E-state index in [2.05, 4.69) is 5.32 Å². The largest absolute Gasteiger partial charge is 0.305 e. The molecule has 0 spiro atoms. The normalized spacial score (nSPS) is 12.8. The number of nitriles is 1. The molecule has 0 radical (unpaired) electrons. The van der Waals surface area contributed by atoms with E-state index >= 15 is 0 Å². The molecule has 1 N–H and O–H groups in total. The molecule has 0 heterocycles. The summed E-state index contributed by atoms with van der Waals surface area (Å²) in [5.74, 6) is 0. The van der Waals surface area contributed by atoms with Crippen LogP contribution in [0, 0.1) is 11.3 Å². The summed E-state index contributed by atoms with van der Waals surface area (Å²) in [5, 5.41) is 10.8. The van der Waals surface area contributed by atoms with Crippen LogP contribution in [-0.2, 0) is 0 Å². The maximum absolute atomic E-state index is 8.02. The van der Waals surface area contributed by atoms with Crippen molar-refractivity contribution in [1.29, 1.82) is 5.26 Å². The third-order valence-electron chi connectivity index (χ3n) is 0.627. The summed E-state index contributed by atoms with van der Waals surface area (Å²) in [7, 11) is 1.76. The molecule has 0 saturated carbocycles. The molecule has 34 valence electrons. The van der Waals surface area contributed by atoms with Crippen molar-refractivity contribution in [3.05, 3.63) is 0 Å². The Morgan fingerprint density at radius 2 is 2.33 bits per heavy atom. The van der Waals surface area contributed by atoms with E-state index in [1.807, 2.05) is 6.07 Å². The molecule has 0 unspecified atom stereocenters. The fourth-order valence-corrected chi connectivity index (χ4v) is 0.0645. The van der Waals surface area contributed by atoms with Crippen LogP contribution in [0.3, 0.4) is 0 Å². The van der Waals surface area contributed by atoms with Gasteiger partial charge in [0.2, 0.25) is 0 Å². The zero-order valence-corrected chi connectivity index (χ0v) is 4.02. The minimum atomic E-state index is -0.00926. The summed E-state index contributed by atoms with van der Waals surface area (Å²) in [4.78, 5) is 0. The molecule has 0 amide bonds. The van der Waals surface area contributed by atoms with Gasteiger partial charge in [-0.1, -0.05) is 0 Å². The Labute approximate surface area is 37.8 Å². The van der Waals surface area contributed by atoms with E-state index in [0.29, 0.717) is 0 Å². The molecule has 0 saturated heterocycles. The van der Waals surface area contributed by atoms with Crippen LogP contribution in [0.1, 0.15) is 6.92 Å². The van der Waals surface area contributed by atoms with Gasteiger partial charge in [0.05, 0.1) is 12.1 Å². The topological polar surface area (TPSA) is 35.8 Å². The third kappa shape index (κ3) is 1.74. The molecule has 0 fully saturated rings. The first-order valence-corrected chi connectivity index (χ1v) is 1.88. The molecule has 0 aliphatic carbocycles. The smallest absolute Gasteiger partial charge is 0.0922 e. The van der Waals surface area contributed by atoms with Gasteiger partial charge in [-0.3, -0.25) is 0 Å². The van der Waals surface area contributed by atoms with Crippen molar-refractivity contribution in [2.24, 2.45) is 0 Å². The average Bonchev–Trinajstić information content (AvgIpc) is 1.65. The summed E-state index contributed by atoms with van der Waals surface area (Å²) in [5.41, 5.74) is 0. The molecule has 2 nitrogen and oxygen atoms in total. The van der Waals surface area contributed by atoms with Crippen LogP contribution in [0.5, 0.6) is 0 Å². The summed E-state index contributed by atoms with van der Waals surface area (Å²) in [6, 6.07) is 1.99. The van der Waals surface area contributed by atoms with Crippen LogP contribution in [-0.4, -0.2) is 13.1 Å². The first-order valence-electron chi connectivity index (χ1n) is 1.88. The summed E-state index contributed by atoms with van der Waals surface area (Å²) < 4.78 is 0. The zero-order chi connectivity index (χ0) is 4.99. The van der Waals surface area contributed by atoms with Gasteiger partial charge in [0.15, 0.2) is 0 Å². The number of rotatable bonds is 1. The molecule has 0 aromatic heterocycles. The van der Waals surface area contributed by atoms with Crippen molar-refractivity contribution in [2.45, 2.75) is 13.0 Å². The second-order valence-corrected chi connectivity index (χ2v) is 1.14. The van der Waals surface area contributed by atoms with E-state index < -0.39 is 0 Å². The fourth-order valence-electron chi connectivity index (χ4n) is 0.0645. The van der Waals surface area contributed by atoms with Gasteiger partial charge in [-0.05, 0) is 14.0 Å². The lowest BCUT2D eigenvalue weighted by molar-refractivity contribution is 0.741. The highest BCUT2D eigenvalue weighted by Crippen LogP contribution is 1.67. The molecular formula is C4H8N2. The van der Waals surface area contributed by atoms with Crippen molar-refractivity contribution in [3.63, 3.8) is 0 Å². The van der Waals surface area contributed by atoms with Crippen molar-refractivity contribution in [1.82, 2.24) is 5.32 Å². The Bertz CT molecular complexity index is 62.4. The van der Waals surface area contributed by atoms with Gasteiger partial charge in [0.1, 0.15) is 0 Å². The molecule has 0 aromatic rings. The Hall–Kier alpha value is -0.550. The molecular weight excluding hydrogens is 76.1 g/mol. The predicted octanol–water partition coefficient (Wildman–Crippen LogP) is 0.118. The van der Waals surface area contributed by atoms with E-state index in [4.69, 9.17) is 5.26 Å². The molecule has 0 rings (SSSR count). The van der Waals surface area contributed by atoms with Crippen molar-refractivity contribution < 1.29 is 0 Å². The van der Waals surface area contributed by atoms with Crippen LogP contribution >= 0.6 is 0 Å². The maximum Gasteiger partial charge on any atom is 0.0922 e. The van der Waals surface area contributed by atoms with Crippen LogP contribution < -0.4 is 5.32 Å². The molecule has 2 heteroatoms. The van der Waals surface area contributed by atoms with Crippen molar-refractivity contribution in [2.75, 3.05) is 7.05 Å². The van der Waals surface area contributed by atoms with Crippen LogP contribution in [0.2, 0.25) is 0 Å². The highest BCUT2D eigenvalue weighted by molar-refractivity contribution is 4.83. The third-order valence-corrected chi connectivity index (χ3v) is 0.627. The molecule has 0 aliphatic heterocycles. The van der Waals surface area contributed by atoms with E-state index in [1.54, 1.807) is 14.0 Å². The Morgan fingerprint density at radius 1 is 1.83 bits per heavy atom. The minimum absolute atomic E-state index is 0.00926. The second kappa shape index (κ2) is 2.67. The summed E-state index contributed by atoms with van der Waals surface area (Å²) in [6.45, 7) is 1.81. The van der Waals surface area contributed by atoms with Crippen LogP contribution in [0.4, 0.5) is 0 Å². The number of nitrogens with zero attached hydrogens (tertiary/aromatic N) is 1. The lowest BCUT2D eigenvalue weighted by atomic mass is 10.4. The highest BCUT2D eigenvalue weighted by Gasteiger charge is 1.86. The molecule has 1 atom stereocenters. The minimum Gasteiger partial charge on any atom is -0.305 e. The number of nitrogens with one attached hydrogen (secondary N) is 1. The fraction of sp³-hybridized carbons (Fsp3) is 0.750. The Kier molecular flexibility index (Phi) is 2.43. The van der Waals surface area contributed by atoms with Crippen molar-refractivity contribution >= 4 is 0 Å². The average molecular weight is 84.1 g/mol. The van der Waals surface area contributed by atoms with Crippen LogP contribution in [0.25, 0.3) is 0 Å². The Morgan fingerprint density at radius 3 is 2.33 bits per heavy atom. The lowest BCUT2D eigenvalue weighted by Crippen LogP contribution is -2.17. The molecule has 6 heavy (non-hydrogen) atoms. The van der Waals surface area contributed by atoms with Gasteiger partial charge >= 0.3 is 0 Å². The highest BCUT2D eigenvalue weighted by atomic mass is 14.8. The number of hydrogen-bond donors (Lipinski definition) is 1. The zero-order valence-electron chi connectivity index (χ0n) is 4.02. The maximum atomic E-state index is 8.02. The summed E-state index contributed by atoms with van der Waals surface area (Å²) >= 11 is 0. The second-order valence-electron chi connectivity index (χ2n) is 1.14. The molecule has 0 aliphatic rings. The molecule has 0 bridgehead atoms. The van der Waals surface area contributed by atoms with Crippen molar-refractivity contribution in [3.8, 4) is 6.07 Å². The SMILES string of the molecule is CN[C@H](C)C#N. The quantitative estimate of drug-likeness (QED) is 0.489. The van der Waals surface area contributed by atoms with Gasteiger partial charge in [-0.15, -0.1) is 0 Å². The van der Waals surface area contributed by atoms with E-state index in [0.717, 1.165) is 0 Å². The van der Waals surface area contributed by atoms with E-state index in [9.17, 15) is 0 Å². The monoisotopic (exact) mass is 84.1 g/mol. The number of hydrogen-bond acceptors (Lipinski definition) is 2. The summed E-state index contributed by atoms with van der Waals surface area (Å²) in [6.07, 6.45) is 0. The van der Waals surface area contributed by atoms with Gasteiger partial charge < -0.3 is 5.32 Å². The van der Waals surface area contributed by atoms with Gasteiger partial charge in [-0.2, -0.15) is 5.26 Å². The van der Waals surface area contributed by atoms with Gasteiger partial charge in [0, 0.05) is 0 Å². The van der Waals surface area contributed by atoms with E-state index in [-0.39, 0.29) is 6.04 Å². The van der Waals surface area contributed by atoms with Gasteiger partial charge in [-0.25, -0.2) is 0 Å². The van der Waals surface area contributed by atoms with Crippen LogP contribution in [0.15, 0.2) is 0 Å². The standard InChI is InChI=1S/C4H8N2/c1-4(3-5)6-2/h4,6H,1-2H3/t4-/m1/s1. The van der Waals surface area contributed by atoms with E-state index in [1.165, 1.54) is 0 Å². The first-order chi connectivity index (χ1) is 2.81. The van der Waals surface area contributed by atoms with Gasteiger partial charge in [0.25, 0.3) is 0 Å². The lowest BCUT2D eigenvalue weighted by Gasteiger charge is -1.92. The molecule has 0 aromatic carbocycles. The first kappa shape index (κ1) is 5.45. The Balaban J connectivity index is 3.04. The predicted molar refractivity (Wildman–Crippen MR) is 24.1 cm³/mol.